The Hall–Kier alpha value is -1.29. The summed E-state index contributed by atoms with van der Waals surface area (Å²) in [5, 5.41) is 3.25. The largest absolute Gasteiger partial charge is 0.396 e. The van der Waals surface area contributed by atoms with Crippen LogP contribution >= 0.6 is 0 Å². The number of nitrogen functional groups attached to an aromatic ring is 1. The maximum absolute atomic E-state index is 5.86. The maximum Gasteiger partial charge on any atom is 0.149 e. The van der Waals surface area contributed by atoms with Gasteiger partial charge in [-0.1, -0.05) is 0 Å². The number of pyridine rings is 1. The Labute approximate surface area is 90.8 Å². The van der Waals surface area contributed by atoms with Crippen molar-refractivity contribution in [2.45, 2.75) is 26.3 Å². The second-order valence-electron chi connectivity index (χ2n) is 4.39. The minimum absolute atomic E-state index is 0.175. The van der Waals surface area contributed by atoms with Crippen molar-refractivity contribution in [3.63, 3.8) is 0 Å². The molecule has 84 valence electrons. The number of nitrogens with zero attached hydrogens (tertiary/aromatic N) is 1. The van der Waals surface area contributed by atoms with Gasteiger partial charge < -0.3 is 15.8 Å². The van der Waals surface area contributed by atoms with E-state index in [1.807, 2.05) is 26.8 Å². The Morgan fingerprint density at radius 2 is 2.20 bits per heavy atom. The average Bonchev–Trinajstić information content (AvgIpc) is 2.09. The van der Waals surface area contributed by atoms with Gasteiger partial charge in [0.1, 0.15) is 5.82 Å². The number of aromatic nitrogens is 1. The fourth-order valence-corrected chi connectivity index (χ4v) is 1.41. The SMILES string of the molecule is COCC(C)(C)Nc1ncc(C)cc1N. The molecule has 0 aromatic carbocycles. The fraction of sp³-hybridized carbons (Fsp3) is 0.545. The van der Waals surface area contributed by atoms with Crippen LogP contribution < -0.4 is 11.1 Å². The van der Waals surface area contributed by atoms with Crippen LogP contribution in [0.5, 0.6) is 0 Å². The first kappa shape index (κ1) is 11.8. The molecular weight excluding hydrogens is 190 g/mol. The van der Waals surface area contributed by atoms with Crippen LogP contribution in [0.3, 0.4) is 0 Å². The third-order valence-electron chi connectivity index (χ3n) is 2.02. The molecule has 0 aliphatic heterocycles. The first-order valence-electron chi connectivity index (χ1n) is 4.94. The van der Waals surface area contributed by atoms with Crippen LogP contribution in [-0.2, 0) is 4.74 Å². The lowest BCUT2D eigenvalue weighted by molar-refractivity contribution is 0.158. The zero-order chi connectivity index (χ0) is 11.5. The van der Waals surface area contributed by atoms with E-state index in [1.54, 1.807) is 13.3 Å². The van der Waals surface area contributed by atoms with E-state index in [2.05, 4.69) is 10.3 Å². The summed E-state index contributed by atoms with van der Waals surface area (Å²) >= 11 is 0. The summed E-state index contributed by atoms with van der Waals surface area (Å²) in [6.07, 6.45) is 1.79. The van der Waals surface area contributed by atoms with E-state index in [4.69, 9.17) is 10.5 Å². The number of rotatable bonds is 4. The first-order chi connectivity index (χ1) is 6.94. The van der Waals surface area contributed by atoms with Crippen molar-refractivity contribution >= 4 is 11.5 Å². The normalized spacial score (nSPS) is 11.5. The molecule has 0 bridgehead atoms. The minimum Gasteiger partial charge on any atom is -0.396 e. The van der Waals surface area contributed by atoms with Crippen LogP contribution in [-0.4, -0.2) is 24.2 Å². The number of methoxy groups -OCH3 is 1. The number of anilines is 2. The zero-order valence-corrected chi connectivity index (χ0v) is 9.79. The van der Waals surface area contributed by atoms with Gasteiger partial charge in [0.05, 0.1) is 17.8 Å². The van der Waals surface area contributed by atoms with E-state index in [9.17, 15) is 0 Å². The van der Waals surface area contributed by atoms with Crippen LogP contribution in [0.25, 0.3) is 0 Å². The van der Waals surface area contributed by atoms with Gasteiger partial charge in [0, 0.05) is 13.3 Å². The van der Waals surface area contributed by atoms with E-state index in [0.29, 0.717) is 18.1 Å². The van der Waals surface area contributed by atoms with Crippen LogP contribution in [0.4, 0.5) is 11.5 Å². The molecule has 1 aromatic rings. The minimum atomic E-state index is -0.175. The standard InChI is InChI=1S/C11H19N3O/c1-8-5-9(12)10(13-6-8)14-11(2,3)7-15-4/h5-6H,7,12H2,1-4H3,(H,13,14). The fourth-order valence-electron chi connectivity index (χ4n) is 1.41. The molecule has 0 atom stereocenters. The summed E-state index contributed by atoms with van der Waals surface area (Å²) < 4.78 is 5.11. The molecule has 1 aromatic heterocycles. The maximum atomic E-state index is 5.86. The third-order valence-corrected chi connectivity index (χ3v) is 2.02. The number of nitrogens with one attached hydrogen (secondary N) is 1. The number of nitrogens with two attached hydrogens (primary N) is 1. The van der Waals surface area contributed by atoms with Gasteiger partial charge in [0.15, 0.2) is 0 Å². The summed E-state index contributed by atoms with van der Waals surface area (Å²) in [5.74, 6) is 0.711. The molecule has 0 amide bonds. The second kappa shape index (κ2) is 4.49. The lowest BCUT2D eigenvalue weighted by Crippen LogP contribution is -2.36. The highest BCUT2D eigenvalue weighted by Gasteiger charge is 2.18. The molecule has 0 aliphatic carbocycles. The van der Waals surface area contributed by atoms with Crippen LogP contribution in [0, 0.1) is 6.92 Å². The number of hydrogen-bond acceptors (Lipinski definition) is 4. The molecule has 1 rings (SSSR count). The summed E-state index contributed by atoms with van der Waals surface area (Å²) in [5.41, 5.74) is 7.41. The molecule has 0 radical (unpaired) electrons. The van der Waals surface area contributed by atoms with Crippen LogP contribution in [0.1, 0.15) is 19.4 Å². The van der Waals surface area contributed by atoms with Crippen molar-refractivity contribution in [3.8, 4) is 0 Å². The lowest BCUT2D eigenvalue weighted by atomic mass is 10.1. The van der Waals surface area contributed by atoms with Crippen LogP contribution in [0.2, 0.25) is 0 Å². The molecule has 0 saturated heterocycles. The van der Waals surface area contributed by atoms with Crippen molar-refractivity contribution in [2.75, 3.05) is 24.8 Å². The molecule has 4 nitrogen and oxygen atoms in total. The Balaban J connectivity index is 2.80. The van der Waals surface area contributed by atoms with E-state index in [-0.39, 0.29) is 5.54 Å². The molecule has 15 heavy (non-hydrogen) atoms. The van der Waals surface area contributed by atoms with E-state index < -0.39 is 0 Å². The van der Waals surface area contributed by atoms with Gasteiger partial charge in [-0.25, -0.2) is 4.98 Å². The van der Waals surface area contributed by atoms with Gasteiger partial charge >= 0.3 is 0 Å². The molecule has 0 fully saturated rings. The van der Waals surface area contributed by atoms with Crippen molar-refractivity contribution in [1.82, 2.24) is 4.98 Å². The lowest BCUT2D eigenvalue weighted by Gasteiger charge is -2.26. The Morgan fingerprint density at radius 3 is 2.73 bits per heavy atom. The summed E-state index contributed by atoms with van der Waals surface area (Å²) in [7, 11) is 1.68. The summed E-state index contributed by atoms with van der Waals surface area (Å²) in [4.78, 5) is 4.25. The van der Waals surface area contributed by atoms with E-state index >= 15 is 0 Å². The molecule has 0 spiro atoms. The molecule has 3 N–H and O–H groups in total. The monoisotopic (exact) mass is 209 g/mol. The highest BCUT2D eigenvalue weighted by atomic mass is 16.5. The molecule has 0 saturated carbocycles. The number of ether oxygens (including phenoxy) is 1. The summed E-state index contributed by atoms with van der Waals surface area (Å²) in [6.45, 7) is 6.64. The van der Waals surface area contributed by atoms with Gasteiger partial charge in [-0.05, 0) is 32.4 Å². The number of aryl methyl sites for hydroxylation is 1. The number of hydrogen-bond donors (Lipinski definition) is 2. The topological polar surface area (TPSA) is 60.2 Å². The summed E-state index contributed by atoms with van der Waals surface area (Å²) in [6, 6.07) is 1.90. The van der Waals surface area contributed by atoms with Crippen molar-refractivity contribution in [2.24, 2.45) is 0 Å². The van der Waals surface area contributed by atoms with Crippen molar-refractivity contribution in [3.05, 3.63) is 17.8 Å². The Bertz CT molecular complexity index is 337. The van der Waals surface area contributed by atoms with E-state index in [1.165, 1.54) is 0 Å². The smallest absolute Gasteiger partial charge is 0.149 e. The van der Waals surface area contributed by atoms with Crippen molar-refractivity contribution in [1.29, 1.82) is 0 Å². The quantitative estimate of drug-likeness (QED) is 0.794. The highest BCUT2D eigenvalue weighted by Crippen LogP contribution is 2.20. The van der Waals surface area contributed by atoms with Gasteiger partial charge in [-0.2, -0.15) is 0 Å². The van der Waals surface area contributed by atoms with Crippen LogP contribution in [0.15, 0.2) is 12.3 Å². The van der Waals surface area contributed by atoms with E-state index in [0.717, 1.165) is 5.56 Å². The molecule has 1 heterocycles. The molecular formula is C11H19N3O. The predicted octanol–water partition coefficient (Wildman–Crippen LogP) is 1.81. The van der Waals surface area contributed by atoms with Gasteiger partial charge in [0.2, 0.25) is 0 Å². The first-order valence-corrected chi connectivity index (χ1v) is 4.94. The molecule has 0 unspecified atom stereocenters. The zero-order valence-electron chi connectivity index (χ0n) is 9.79. The highest BCUT2D eigenvalue weighted by molar-refractivity contribution is 5.62. The van der Waals surface area contributed by atoms with Gasteiger partial charge in [-0.15, -0.1) is 0 Å². The van der Waals surface area contributed by atoms with Gasteiger partial charge in [0.25, 0.3) is 0 Å². The average molecular weight is 209 g/mol. The van der Waals surface area contributed by atoms with Crippen molar-refractivity contribution < 1.29 is 4.74 Å². The Morgan fingerprint density at radius 1 is 1.53 bits per heavy atom. The second-order valence-corrected chi connectivity index (χ2v) is 4.39. The molecule has 4 heteroatoms. The third kappa shape index (κ3) is 3.40. The Kier molecular flexibility index (Phi) is 3.52. The molecule has 0 aliphatic rings. The van der Waals surface area contributed by atoms with Gasteiger partial charge in [-0.3, -0.25) is 0 Å². The predicted molar refractivity (Wildman–Crippen MR) is 63.0 cm³/mol.